The van der Waals surface area contributed by atoms with Gasteiger partial charge < -0.3 is 14.1 Å². The van der Waals surface area contributed by atoms with Crippen LogP contribution in [0.15, 0.2) is 59.6 Å². The molecule has 0 bridgehead atoms. The van der Waals surface area contributed by atoms with Crippen LogP contribution >= 0.6 is 0 Å². The highest BCUT2D eigenvalue weighted by Gasteiger charge is 2.19. The van der Waals surface area contributed by atoms with Gasteiger partial charge in [-0.2, -0.15) is 8.42 Å². The summed E-state index contributed by atoms with van der Waals surface area (Å²) in [6.07, 6.45) is 2.72. The Morgan fingerprint density at radius 3 is 2.50 bits per heavy atom. The average molecular weight is 344 g/mol. The van der Waals surface area contributed by atoms with Crippen molar-refractivity contribution in [1.29, 1.82) is 0 Å². The Morgan fingerprint density at radius 2 is 1.79 bits per heavy atom. The maximum atomic E-state index is 12.5. The molecule has 3 rings (SSSR count). The molecule has 0 spiro atoms. The van der Waals surface area contributed by atoms with Gasteiger partial charge in [-0.3, -0.25) is 0 Å². The van der Waals surface area contributed by atoms with Crippen molar-refractivity contribution in [3.8, 4) is 5.75 Å². The SMILES string of the molecule is CN(C)CCc1c[nH]c2cccc(OS(=O)(=O)c3ccccc3)c12. The van der Waals surface area contributed by atoms with Crippen LogP contribution in [0.5, 0.6) is 5.75 Å². The fourth-order valence-corrected chi connectivity index (χ4v) is 3.55. The lowest BCUT2D eigenvalue weighted by Crippen LogP contribution is -2.15. The molecule has 0 aliphatic carbocycles. The third-order valence-electron chi connectivity index (χ3n) is 3.81. The van der Waals surface area contributed by atoms with Crippen molar-refractivity contribution in [2.24, 2.45) is 0 Å². The summed E-state index contributed by atoms with van der Waals surface area (Å²) in [5, 5.41) is 0.818. The molecule has 1 heterocycles. The minimum absolute atomic E-state index is 0.146. The Balaban J connectivity index is 1.99. The number of nitrogens with zero attached hydrogens (tertiary/aromatic N) is 1. The maximum Gasteiger partial charge on any atom is 0.339 e. The molecule has 3 aromatic rings. The first kappa shape index (κ1) is 16.5. The van der Waals surface area contributed by atoms with E-state index in [2.05, 4.69) is 9.88 Å². The molecule has 1 aromatic heterocycles. The molecular weight excluding hydrogens is 324 g/mol. The molecule has 0 fully saturated rings. The molecule has 24 heavy (non-hydrogen) atoms. The van der Waals surface area contributed by atoms with Crippen molar-refractivity contribution >= 4 is 21.0 Å². The second-order valence-electron chi connectivity index (χ2n) is 5.90. The normalized spacial score (nSPS) is 12.0. The standard InChI is InChI=1S/C18H20N2O3S/c1-20(2)12-11-14-13-19-16-9-6-10-17(18(14)16)23-24(21,22)15-7-4-3-5-8-15/h3-10,13,19H,11-12H2,1-2H3. The average Bonchev–Trinajstić information content (AvgIpc) is 2.98. The number of hydrogen-bond acceptors (Lipinski definition) is 4. The van der Waals surface area contributed by atoms with Gasteiger partial charge >= 0.3 is 10.1 Å². The molecule has 0 unspecified atom stereocenters. The molecule has 0 amide bonds. The lowest BCUT2D eigenvalue weighted by molar-refractivity contribution is 0.414. The van der Waals surface area contributed by atoms with E-state index < -0.39 is 10.1 Å². The molecule has 0 aliphatic heterocycles. The van der Waals surface area contributed by atoms with Crippen molar-refractivity contribution in [2.75, 3.05) is 20.6 Å². The van der Waals surface area contributed by atoms with Crippen molar-refractivity contribution in [3.63, 3.8) is 0 Å². The highest BCUT2D eigenvalue weighted by Crippen LogP contribution is 2.31. The summed E-state index contributed by atoms with van der Waals surface area (Å²) in [6, 6.07) is 13.6. The molecule has 2 aromatic carbocycles. The molecule has 0 saturated carbocycles. The number of benzene rings is 2. The lowest BCUT2D eigenvalue weighted by Gasteiger charge is -2.11. The number of rotatable bonds is 6. The van der Waals surface area contributed by atoms with E-state index in [1.54, 1.807) is 30.3 Å². The van der Waals surface area contributed by atoms with E-state index in [9.17, 15) is 8.42 Å². The summed E-state index contributed by atoms with van der Waals surface area (Å²) in [4.78, 5) is 5.42. The fraction of sp³-hybridized carbons (Fsp3) is 0.222. The summed E-state index contributed by atoms with van der Waals surface area (Å²) in [5.74, 6) is 0.353. The van der Waals surface area contributed by atoms with Crippen LogP contribution in [0.25, 0.3) is 10.9 Å². The van der Waals surface area contributed by atoms with Gasteiger partial charge in [-0.05, 0) is 50.3 Å². The minimum Gasteiger partial charge on any atom is -0.378 e. The minimum atomic E-state index is -3.86. The van der Waals surface area contributed by atoms with Crippen molar-refractivity contribution in [2.45, 2.75) is 11.3 Å². The molecule has 1 N–H and O–H groups in total. The smallest absolute Gasteiger partial charge is 0.339 e. The molecule has 0 aliphatic rings. The third-order valence-corrected chi connectivity index (χ3v) is 5.06. The molecular formula is C18H20N2O3S. The first-order chi connectivity index (χ1) is 11.5. The van der Waals surface area contributed by atoms with E-state index in [1.807, 2.05) is 26.4 Å². The third kappa shape index (κ3) is 3.44. The zero-order valence-electron chi connectivity index (χ0n) is 13.7. The fourth-order valence-electron chi connectivity index (χ4n) is 2.58. The Kier molecular flexibility index (Phi) is 4.59. The van der Waals surface area contributed by atoms with E-state index in [0.29, 0.717) is 5.75 Å². The molecule has 0 radical (unpaired) electrons. The van der Waals surface area contributed by atoms with Crippen LogP contribution in [0.4, 0.5) is 0 Å². The van der Waals surface area contributed by atoms with Gasteiger partial charge in [-0.15, -0.1) is 0 Å². The monoisotopic (exact) mass is 344 g/mol. The van der Waals surface area contributed by atoms with Gasteiger partial charge in [0.2, 0.25) is 0 Å². The van der Waals surface area contributed by atoms with E-state index >= 15 is 0 Å². The Morgan fingerprint density at radius 1 is 1.04 bits per heavy atom. The number of H-pyrrole nitrogens is 1. The van der Waals surface area contributed by atoms with Crippen molar-refractivity contribution in [3.05, 3.63) is 60.3 Å². The van der Waals surface area contributed by atoms with E-state index in [-0.39, 0.29) is 4.90 Å². The maximum absolute atomic E-state index is 12.5. The van der Waals surface area contributed by atoms with E-state index in [1.165, 1.54) is 12.1 Å². The van der Waals surface area contributed by atoms with Crippen LogP contribution in [0.2, 0.25) is 0 Å². The lowest BCUT2D eigenvalue weighted by atomic mass is 10.1. The summed E-state index contributed by atoms with van der Waals surface area (Å²) in [7, 11) is 0.157. The molecule has 126 valence electrons. The Labute approximate surface area is 142 Å². The van der Waals surface area contributed by atoms with Gasteiger partial charge in [0.1, 0.15) is 4.90 Å². The summed E-state index contributed by atoms with van der Waals surface area (Å²) in [6.45, 7) is 0.868. The first-order valence-corrected chi connectivity index (χ1v) is 9.11. The van der Waals surface area contributed by atoms with Gasteiger partial charge in [0, 0.05) is 23.6 Å². The van der Waals surface area contributed by atoms with Gasteiger partial charge in [-0.25, -0.2) is 0 Å². The Bertz CT molecular complexity index is 931. The number of likely N-dealkylation sites (N-methyl/N-ethyl adjacent to an activating group) is 1. The predicted octanol–water partition coefficient (Wildman–Crippen LogP) is 3.04. The number of hydrogen-bond donors (Lipinski definition) is 1. The van der Waals surface area contributed by atoms with Crippen LogP contribution in [-0.4, -0.2) is 38.9 Å². The second kappa shape index (κ2) is 6.67. The summed E-state index contributed by atoms with van der Waals surface area (Å²) in [5.41, 5.74) is 1.90. The van der Waals surface area contributed by atoms with Crippen molar-refractivity contribution < 1.29 is 12.6 Å². The molecule has 0 atom stereocenters. The zero-order valence-corrected chi connectivity index (χ0v) is 14.5. The van der Waals surface area contributed by atoms with Gasteiger partial charge in [-0.1, -0.05) is 24.3 Å². The second-order valence-corrected chi connectivity index (χ2v) is 7.44. The number of fused-ring (bicyclic) bond motifs is 1. The van der Waals surface area contributed by atoms with Gasteiger partial charge in [0.05, 0.1) is 0 Å². The molecule has 0 saturated heterocycles. The van der Waals surface area contributed by atoms with E-state index in [4.69, 9.17) is 4.18 Å². The van der Waals surface area contributed by atoms with Crippen LogP contribution < -0.4 is 4.18 Å². The Hall–Kier alpha value is -2.31. The zero-order chi connectivity index (χ0) is 17.2. The molecule has 6 heteroatoms. The molecule has 5 nitrogen and oxygen atoms in total. The van der Waals surface area contributed by atoms with Crippen molar-refractivity contribution in [1.82, 2.24) is 9.88 Å². The highest BCUT2D eigenvalue weighted by atomic mass is 32.2. The predicted molar refractivity (Wildman–Crippen MR) is 94.8 cm³/mol. The number of aromatic nitrogens is 1. The number of aromatic amines is 1. The topological polar surface area (TPSA) is 62.4 Å². The van der Waals surface area contributed by atoms with Gasteiger partial charge in [0.25, 0.3) is 0 Å². The first-order valence-electron chi connectivity index (χ1n) is 7.70. The van der Waals surface area contributed by atoms with Crippen LogP contribution in [-0.2, 0) is 16.5 Å². The highest BCUT2D eigenvalue weighted by molar-refractivity contribution is 7.87. The van der Waals surface area contributed by atoms with Crippen LogP contribution in [0.1, 0.15) is 5.56 Å². The van der Waals surface area contributed by atoms with Crippen LogP contribution in [0, 0.1) is 0 Å². The summed E-state index contributed by atoms with van der Waals surface area (Å²) < 4.78 is 30.5. The van der Waals surface area contributed by atoms with Gasteiger partial charge in [0.15, 0.2) is 5.75 Å². The van der Waals surface area contributed by atoms with Crippen LogP contribution in [0.3, 0.4) is 0 Å². The largest absolute Gasteiger partial charge is 0.378 e. The number of nitrogens with one attached hydrogen (secondary N) is 1. The van der Waals surface area contributed by atoms with E-state index in [0.717, 1.165) is 29.4 Å². The summed E-state index contributed by atoms with van der Waals surface area (Å²) >= 11 is 0. The quantitative estimate of drug-likeness (QED) is 0.698.